The third kappa shape index (κ3) is 2.07. The summed E-state index contributed by atoms with van der Waals surface area (Å²) in [6, 6.07) is 0. The molecule has 0 amide bonds. The molecular weight excluding hydrogens is 264 g/mol. The molecule has 1 aromatic rings. The summed E-state index contributed by atoms with van der Waals surface area (Å²) in [7, 11) is 0. The van der Waals surface area contributed by atoms with Crippen LogP contribution in [0.15, 0.2) is 15.8 Å². The smallest absolute Gasteiger partial charge is 0.329 e. The van der Waals surface area contributed by atoms with Gasteiger partial charge in [-0.15, -0.1) is 11.8 Å². The first-order valence-corrected chi connectivity index (χ1v) is 7.58. The van der Waals surface area contributed by atoms with Gasteiger partial charge in [0.25, 0.3) is 5.56 Å². The predicted molar refractivity (Wildman–Crippen MR) is 74.5 cm³/mol. The molecule has 0 radical (unpaired) electrons. The summed E-state index contributed by atoms with van der Waals surface area (Å²) in [5.74, 6) is 0. The summed E-state index contributed by atoms with van der Waals surface area (Å²) in [5, 5.41) is 10.2. The van der Waals surface area contributed by atoms with Crippen molar-refractivity contribution in [2.75, 3.05) is 0 Å². The van der Waals surface area contributed by atoms with Crippen LogP contribution in [0.2, 0.25) is 0 Å². The Bertz CT molecular complexity index is 609. The van der Waals surface area contributed by atoms with Crippen LogP contribution in [0, 0.1) is 6.92 Å². The molecule has 5 nitrogen and oxygen atoms in total. The molecule has 3 rings (SSSR count). The van der Waals surface area contributed by atoms with Crippen molar-refractivity contribution in [2.24, 2.45) is 0 Å². The zero-order chi connectivity index (χ0) is 13.6. The Hall–Kier alpha value is -1.01. The van der Waals surface area contributed by atoms with Gasteiger partial charge >= 0.3 is 5.69 Å². The van der Waals surface area contributed by atoms with E-state index in [4.69, 9.17) is 0 Å². The van der Waals surface area contributed by atoms with Gasteiger partial charge < -0.3 is 5.11 Å². The summed E-state index contributed by atoms with van der Waals surface area (Å²) < 4.78 is 1.54. The highest BCUT2D eigenvalue weighted by molar-refractivity contribution is 8.01. The minimum Gasteiger partial charge on any atom is -0.392 e. The first-order valence-electron chi connectivity index (χ1n) is 6.70. The van der Waals surface area contributed by atoms with Crippen LogP contribution in [0.4, 0.5) is 0 Å². The number of aryl methyl sites for hydroxylation is 1. The van der Waals surface area contributed by atoms with E-state index < -0.39 is 0 Å². The minimum atomic E-state index is -0.349. The lowest BCUT2D eigenvalue weighted by Gasteiger charge is -2.27. The molecule has 1 saturated heterocycles. The van der Waals surface area contributed by atoms with Gasteiger partial charge in [-0.3, -0.25) is 14.3 Å². The van der Waals surface area contributed by atoms with Gasteiger partial charge in [0.1, 0.15) is 0 Å². The summed E-state index contributed by atoms with van der Waals surface area (Å²) in [6.45, 7) is 1.70. The van der Waals surface area contributed by atoms with Gasteiger partial charge in [-0.2, -0.15) is 0 Å². The van der Waals surface area contributed by atoms with E-state index in [1.165, 1.54) is 0 Å². The molecule has 0 bridgehead atoms. The van der Waals surface area contributed by atoms with E-state index in [1.807, 2.05) is 0 Å². The second-order valence-electron chi connectivity index (χ2n) is 5.56. The van der Waals surface area contributed by atoms with Crippen LogP contribution in [-0.2, 0) is 0 Å². The fourth-order valence-corrected chi connectivity index (χ4v) is 5.03. The van der Waals surface area contributed by atoms with Crippen molar-refractivity contribution in [1.29, 1.82) is 0 Å². The average molecular weight is 282 g/mol. The van der Waals surface area contributed by atoms with Gasteiger partial charge in [0.05, 0.1) is 11.5 Å². The molecule has 2 heterocycles. The van der Waals surface area contributed by atoms with Crippen LogP contribution in [-0.4, -0.2) is 25.5 Å². The number of aromatic nitrogens is 2. The van der Waals surface area contributed by atoms with Gasteiger partial charge in [-0.05, 0) is 39.0 Å². The van der Waals surface area contributed by atoms with Crippen molar-refractivity contribution < 1.29 is 5.11 Å². The third-order valence-corrected chi connectivity index (χ3v) is 6.21. The normalized spacial score (nSPS) is 34.2. The lowest BCUT2D eigenvalue weighted by molar-refractivity contribution is 0.148. The molecule has 0 unspecified atom stereocenters. The number of hydrogen-bond donors (Lipinski definition) is 2. The minimum absolute atomic E-state index is 0.0239. The Morgan fingerprint density at radius 2 is 2.21 bits per heavy atom. The standard InChI is InChI=1S/C13H18N2O3S/c1-8-7-15(12(18)14-11(8)17)10-4-6-13(19-10)5-2-3-9(13)16/h7,9-10,16H,2-6H2,1H3,(H,14,17,18)/t9-,10-,13+/m1/s1. The fraction of sp³-hybridized carbons (Fsp3) is 0.692. The van der Waals surface area contributed by atoms with E-state index in [0.717, 1.165) is 32.1 Å². The van der Waals surface area contributed by atoms with Gasteiger partial charge in [-0.25, -0.2) is 4.79 Å². The van der Waals surface area contributed by atoms with Crippen LogP contribution in [0.25, 0.3) is 0 Å². The zero-order valence-electron chi connectivity index (χ0n) is 10.9. The molecule has 0 aromatic carbocycles. The molecule has 6 heteroatoms. The number of nitrogens with zero attached hydrogens (tertiary/aromatic N) is 1. The molecule has 1 aliphatic carbocycles. The number of rotatable bonds is 1. The van der Waals surface area contributed by atoms with E-state index >= 15 is 0 Å². The Balaban J connectivity index is 1.91. The summed E-state index contributed by atoms with van der Waals surface area (Å²) >= 11 is 1.70. The monoisotopic (exact) mass is 282 g/mol. The number of aliphatic hydroxyl groups excluding tert-OH is 1. The molecule has 3 atom stereocenters. The summed E-state index contributed by atoms with van der Waals surface area (Å²) in [5.41, 5.74) is -0.120. The number of thioether (sulfide) groups is 1. The molecule has 2 aliphatic rings. The van der Waals surface area contributed by atoms with Crippen LogP contribution in [0.1, 0.15) is 43.0 Å². The molecule has 1 aliphatic heterocycles. The van der Waals surface area contributed by atoms with Gasteiger partial charge in [0, 0.05) is 16.5 Å². The number of H-pyrrole nitrogens is 1. The second-order valence-corrected chi connectivity index (χ2v) is 7.16. The summed E-state index contributed by atoms with van der Waals surface area (Å²) in [6.07, 6.45) is 6.12. The molecule has 2 N–H and O–H groups in total. The number of hydrogen-bond acceptors (Lipinski definition) is 4. The zero-order valence-corrected chi connectivity index (χ0v) is 11.7. The van der Waals surface area contributed by atoms with Crippen LogP contribution in [0.3, 0.4) is 0 Å². The van der Waals surface area contributed by atoms with Crippen molar-refractivity contribution in [3.63, 3.8) is 0 Å². The highest BCUT2D eigenvalue weighted by atomic mass is 32.2. The molecule has 1 saturated carbocycles. The van der Waals surface area contributed by atoms with Gasteiger partial charge in [-0.1, -0.05) is 0 Å². The topological polar surface area (TPSA) is 75.1 Å². The first kappa shape index (κ1) is 13.0. The van der Waals surface area contributed by atoms with E-state index in [1.54, 1.807) is 29.4 Å². The number of nitrogens with one attached hydrogen (secondary N) is 1. The highest BCUT2D eigenvalue weighted by Crippen LogP contribution is 2.56. The fourth-order valence-electron chi connectivity index (χ4n) is 3.21. The van der Waals surface area contributed by atoms with Crippen molar-refractivity contribution in [1.82, 2.24) is 9.55 Å². The Kier molecular flexibility index (Phi) is 3.09. The molecular formula is C13H18N2O3S. The lowest BCUT2D eigenvalue weighted by Crippen LogP contribution is -2.33. The largest absolute Gasteiger partial charge is 0.392 e. The average Bonchev–Trinajstić information content (AvgIpc) is 2.94. The third-order valence-electron chi connectivity index (χ3n) is 4.33. The van der Waals surface area contributed by atoms with Crippen LogP contribution >= 0.6 is 11.8 Å². The molecule has 19 heavy (non-hydrogen) atoms. The van der Waals surface area contributed by atoms with Crippen molar-refractivity contribution >= 4 is 11.8 Å². The Morgan fingerprint density at radius 3 is 2.89 bits per heavy atom. The first-order chi connectivity index (χ1) is 9.02. The molecule has 1 aromatic heterocycles. The SMILES string of the molecule is Cc1cn([C@H]2CC[C@]3(CCC[C@H]3O)S2)c(=O)[nH]c1=O. The van der Waals surface area contributed by atoms with Crippen molar-refractivity contribution in [2.45, 2.75) is 55.3 Å². The van der Waals surface area contributed by atoms with Crippen molar-refractivity contribution in [3.8, 4) is 0 Å². The lowest BCUT2D eigenvalue weighted by atomic mass is 9.99. The van der Waals surface area contributed by atoms with Gasteiger partial charge in [0.2, 0.25) is 0 Å². The maximum Gasteiger partial charge on any atom is 0.329 e. The predicted octanol–water partition coefficient (Wildman–Crippen LogP) is 1.15. The number of aromatic amines is 1. The quantitative estimate of drug-likeness (QED) is 0.810. The van der Waals surface area contributed by atoms with E-state index in [9.17, 15) is 14.7 Å². The highest BCUT2D eigenvalue weighted by Gasteiger charge is 2.48. The maximum absolute atomic E-state index is 11.9. The van der Waals surface area contributed by atoms with Crippen LogP contribution in [0.5, 0.6) is 0 Å². The van der Waals surface area contributed by atoms with Crippen LogP contribution < -0.4 is 11.2 Å². The molecule has 2 fully saturated rings. The Morgan fingerprint density at radius 1 is 1.42 bits per heavy atom. The molecule has 104 valence electrons. The van der Waals surface area contributed by atoms with E-state index in [-0.39, 0.29) is 27.5 Å². The summed E-state index contributed by atoms with van der Waals surface area (Å²) in [4.78, 5) is 25.6. The number of aliphatic hydroxyl groups is 1. The van der Waals surface area contributed by atoms with E-state index in [0.29, 0.717) is 5.56 Å². The van der Waals surface area contributed by atoms with Crippen molar-refractivity contribution in [3.05, 3.63) is 32.6 Å². The second kappa shape index (κ2) is 4.52. The van der Waals surface area contributed by atoms with E-state index in [2.05, 4.69) is 4.98 Å². The Labute approximate surface area is 115 Å². The van der Waals surface area contributed by atoms with Gasteiger partial charge in [0.15, 0.2) is 0 Å². The maximum atomic E-state index is 11.9. The molecule has 1 spiro atoms.